The number of rotatable bonds is 7. The SMILES string of the molecule is Cc1ccc(N2C(=O)C3Sc4c(sc(=O)n4CC(=O)Nc4ccc(S(N)(=O)=O)cc4)[C@H](c4ccc(N(C)C)cc4)C3C2=O)cc1. The monoisotopic (exact) mass is 663 g/mol. The summed E-state index contributed by atoms with van der Waals surface area (Å²) in [6.45, 7) is 1.58. The fourth-order valence-corrected chi connectivity index (χ4v) is 8.90. The van der Waals surface area contributed by atoms with E-state index in [2.05, 4.69) is 5.32 Å². The molecule has 14 heteroatoms. The Morgan fingerprint density at radius 3 is 2.18 bits per heavy atom. The van der Waals surface area contributed by atoms with Crippen LogP contribution in [-0.4, -0.2) is 50.1 Å². The molecule has 0 saturated carbocycles. The Bertz CT molecular complexity index is 1980. The molecule has 3 atom stereocenters. The van der Waals surface area contributed by atoms with Crippen molar-refractivity contribution < 1.29 is 22.8 Å². The Balaban J connectivity index is 1.37. The number of aromatic nitrogens is 1. The summed E-state index contributed by atoms with van der Waals surface area (Å²) >= 11 is 2.11. The summed E-state index contributed by atoms with van der Waals surface area (Å²) in [5.74, 6) is -2.56. The van der Waals surface area contributed by atoms with E-state index < -0.39 is 37.9 Å². The Hall–Kier alpha value is -4.24. The van der Waals surface area contributed by atoms with E-state index in [9.17, 15) is 27.6 Å². The van der Waals surface area contributed by atoms with Crippen LogP contribution in [0.3, 0.4) is 0 Å². The molecule has 0 bridgehead atoms. The number of aryl methyl sites for hydroxylation is 1. The number of imide groups is 1. The van der Waals surface area contributed by atoms with Crippen molar-refractivity contribution in [3.63, 3.8) is 0 Å². The number of thiazole rings is 1. The van der Waals surface area contributed by atoms with Crippen molar-refractivity contribution in [2.24, 2.45) is 11.1 Å². The van der Waals surface area contributed by atoms with Crippen LogP contribution >= 0.6 is 23.1 Å². The lowest BCUT2D eigenvalue weighted by atomic mass is 9.83. The third-order valence-electron chi connectivity index (χ3n) is 7.88. The molecule has 11 nitrogen and oxygen atoms in total. The first kappa shape index (κ1) is 30.8. The largest absolute Gasteiger partial charge is 0.378 e. The maximum atomic E-state index is 14.1. The van der Waals surface area contributed by atoms with E-state index >= 15 is 0 Å². The topological polar surface area (TPSA) is 152 Å². The number of benzene rings is 3. The van der Waals surface area contributed by atoms with Gasteiger partial charge in [0.2, 0.25) is 27.7 Å². The van der Waals surface area contributed by atoms with Gasteiger partial charge in [0.05, 0.1) is 21.5 Å². The number of carbonyl (C=O) groups excluding carboxylic acids is 3. The Kier molecular flexibility index (Phi) is 7.93. The van der Waals surface area contributed by atoms with Crippen LogP contribution in [0.1, 0.15) is 21.9 Å². The number of hydrogen-bond donors (Lipinski definition) is 2. The lowest BCUT2D eigenvalue weighted by molar-refractivity contribution is -0.122. The highest BCUT2D eigenvalue weighted by Crippen LogP contribution is 2.54. The molecule has 45 heavy (non-hydrogen) atoms. The zero-order valence-electron chi connectivity index (χ0n) is 24.5. The predicted molar refractivity (Wildman–Crippen MR) is 174 cm³/mol. The molecule has 0 aliphatic carbocycles. The maximum absolute atomic E-state index is 14.1. The van der Waals surface area contributed by atoms with E-state index in [1.807, 2.05) is 62.3 Å². The molecule has 3 heterocycles. The molecular weight excluding hydrogens is 635 g/mol. The molecule has 3 aromatic carbocycles. The number of thioether (sulfide) groups is 1. The fraction of sp³-hybridized carbons (Fsp3) is 0.226. The molecule has 1 fully saturated rings. The van der Waals surface area contributed by atoms with E-state index in [1.54, 1.807) is 12.1 Å². The molecule has 232 valence electrons. The molecule has 0 spiro atoms. The number of anilines is 3. The van der Waals surface area contributed by atoms with Crippen LogP contribution in [0, 0.1) is 12.8 Å². The van der Waals surface area contributed by atoms with Gasteiger partial charge in [-0.2, -0.15) is 0 Å². The lowest BCUT2D eigenvalue weighted by Gasteiger charge is -2.31. The number of amides is 3. The standard InChI is InChI=1S/C31H29N5O6S3/c1-17-4-10-21(11-5-17)36-28(38)25-24(18-6-12-20(13-7-18)34(2)3)27-30(43-26(25)29(36)39)35(31(40)44-27)16-23(37)33-19-8-14-22(15-9-19)45(32,41)42/h4-15,24-26H,16H2,1-3H3,(H,33,37)(H2,32,41,42)/t24-,25?,26?/m1/s1. The number of nitrogens with two attached hydrogens (primary N) is 1. The third-order valence-corrected chi connectivity index (χ3v) is 11.4. The van der Waals surface area contributed by atoms with Gasteiger partial charge < -0.3 is 10.2 Å². The summed E-state index contributed by atoms with van der Waals surface area (Å²) in [6, 6.07) is 20.2. The Morgan fingerprint density at radius 2 is 1.58 bits per heavy atom. The Labute approximate surface area is 267 Å². The summed E-state index contributed by atoms with van der Waals surface area (Å²) in [4.78, 5) is 57.8. The summed E-state index contributed by atoms with van der Waals surface area (Å²) in [5.41, 5.74) is 3.54. The number of hydrogen-bond acceptors (Lipinski definition) is 9. The quantitative estimate of drug-likeness (QED) is 0.286. The molecule has 1 saturated heterocycles. The summed E-state index contributed by atoms with van der Waals surface area (Å²) < 4.78 is 24.5. The van der Waals surface area contributed by atoms with Gasteiger partial charge in [0, 0.05) is 36.3 Å². The fourth-order valence-electron chi connectivity index (χ4n) is 5.61. The minimum Gasteiger partial charge on any atom is -0.378 e. The van der Waals surface area contributed by atoms with Gasteiger partial charge in [-0.05, 0) is 61.0 Å². The predicted octanol–water partition coefficient (Wildman–Crippen LogP) is 3.37. The molecule has 6 rings (SSSR count). The molecule has 3 N–H and O–H groups in total. The summed E-state index contributed by atoms with van der Waals surface area (Å²) in [6.07, 6.45) is 0. The highest BCUT2D eigenvalue weighted by atomic mass is 32.2. The van der Waals surface area contributed by atoms with Crippen molar-refractivity contribution in [2.45, 2.75) is 34.6 Å². The highest BCUT2D eigenvalue weighted by molar-refractivity contribution is 8.00. The van der Waals surface area contributed by atoms with Crippen LogP contribution in [0.4, 0.5) is 17.1 Å². The van der Waals surface area contributed by atoms with Crippen molar-refractivity contribution in [1.82, 2.24) is 4.57 Å². The van der Waals surface area contributed by atoms with Gasteiger partial charge in [0.15, 0.2) is 0 Å². The lowest BCUT2D eigenvalue weighted by Crippen LogP contribution is -2.33. The minimum absolute atomic E-state index is 0.102. The van der Waals surface area contributed by atoms with Crippen molar-refractivity contribution in [1.29, 1.82) is 0 Å². The number of fused-ring (bicyclic) bond motifs is 2. The van der Waals surface area contributed by atoms with E-state index in [-0.39, 0.29) is 23.3 Å². The van der Waals surface area contributed by atoms with E-state index in [0.717, 1.165) is 39.9 Å². The average Bonchev–Trinajstić information content (AvgIpc) is 3.43. The van der Waals surface area contributed by atoms with E-state index in [1.165, 1.54) is 33.7 Å². The van der Waals surface area contributed by atoms with Gasteiger partial charge in [0.25, 0.3) is 0 Å². The van der Waals surface area contributed by atoms with Gasteiger partial charge in [-0.1, -0.05) is 52.9 Å². The first-order chi connectivity index (χ1) is 21.3. The van der Waals surface area contributed by atoms with Crippen LogP contribution in [-0.2, 0) is 31.0 Å². The summed E-state index contributed by atoms with van der Waals surface area (Å²) in [7, 11) is -0.0541. The molecule has 0 radical (unpaired) electrons. The molecular formula is C31H29N5O6S3. The van der Waals surface area contributed by atoms with Gasteiger partial charge in [-0.15, -0.1) is 0 Å². The number of sulfonamides is 1. The molecule has 2 aliphatic rings. The maximum Gasteiger partial charge on any atom is 0.308 e. The van der Waals surface area contributed by atoms with Gasteiger partial charge in [0.1, 0.15) is 11.8 Å². The van der Waals surface area contributed by atoms with Crippen molar-refractivity contribution in [3.8, 4) is 0 Å². The number of carbonyl (C=O) groups is 3. The van der Waals surface area contributed by atoms with Crippen LogP contribution in [0.5, 0.6) is 0 Å². The highest BCUT2D eigenvalue weighted by Gasteiger charge is 2.56. The van der Waals surface area contributed by atoms with Crippen LogP contribution in [0.2, 0.25) is 0 Å². The minimum atomic E-state index is -3.90. The van der Waals surface area contributed by atoms with Crippen LogP contribution in [0.15, 0.2) is 87.5 Å². The van der Waals surface area contributed by atoms with Crippen LogP contribution in [0.25, 0.3) is 0 Å². The first-order valence-corrected chi connectivity index (χ1v) is 17.1. The molecule has 2 aliphatic heterocycles. The number of nitrogens with one attached hydrogen (secondary N) is 1. The average molecular weight is 664 g/mol. The molecule has 1 aromatic heterocycles. The second-order valence-corrected chi connectivity index (χ2v) is 14.8. The van der Waals surface area contributed by atoms with Gasteiger partial charge >= 0.3 is 4.87 Å². The number of primary sulfonamides is 1. The third kappa shape index (κ3) is 5.70. The number of nitrogens with zero attached hydrogens (tertiary/aromatic N) is 3. The van der Waals surface area contributed by atoms with Crippen molar-refractivity contribution in [2.75, 3.05) is 29.2 Å². The van der Waals surface area contributed by atoms with Gasteiger partial charge in [-0.25, -0.2) is 18.5 Å². The smallest absolute Gasteiger partial charge is 0.308 e. The zero-order valence-corrected chi connectivity index (χ0v) is 26.9. The molecule has 2 unspecified atom stereocenters. The molecule has 4 aromatic rings. The van der Waals surface area contributed by atoms with Crippen molar-refractivity contribution in [3.05, 3.63) is 98.5 Å². The first-order valence-electron chi connectivity index (χ1n) is 13.9. The normalized spacial score (nSPS) is 19.3. The van der Waals surface area contributed by atoms with Gasteiger partial charge in [-0.3, -0.25) is 23.7 Å². The second-order valence-electron chi connectivity index (χ2n) is 11.1. The summed E-state index contributed by atoms with van der Waals surface area (Å²) in [5, 5.41) is 7.49. The second kappa shape index (κ2) is 11.6. The van der Waals surface area contributed by atoms with E-state index in [4.69, 9.17) is 5.14 Å². The zero-order chi connectivity index (χ0) is 32.2. The molecule has 3 amide bonds. The van der Waals surface area contributed by atoms with Crippen LogP contribution < -0.4 is 25.1 Å². The van der Waals surface area contributed by atoms with E-state index in [0.29, 0.717) is 21.3 Å². The Morgan fingerprint density at radius 1 is 0.933 bits per heavy atom. The van der Waals surface area contributed by atoms with Crippen molar-refractivity contribution >= 4 is 67.9 Å².